The van der Waals surface area contributed by atoms with E-state index in [0.717, 1.165) is 12.8 Å². The van der Waals surface area contributed by atoms with Gasteiger partial charge in [0.15, 0.2) is 11.5 Å². The molecule has 0 saturated carbocycles. The Bertz CT molecular complexity index is 412. The fourth-order valence-electron chi connectivity index (χ4n) is 1.93. The van der Waals surface area contributed by atoms with E-state index in [1.807, 2.05) is 6.92 Å². The van der Waals surface area contributed by atoms with Gasteiger partial charge in [-0.3, -0.25) is 0 Å². The lowest BCUT2D eigenvalue weighted by Crippen LogP contribution is -2.27. The van der Waals surface area contributed by atoms with Crippen molar-refractivity contribution < 1.29 is 19.0 Å². The molecule has 0 aliphatic heterocycles. The van der Waals surface area contributed by atoms with Crippen LogP contribution in [-0.2, 0) is 0 Å². The van der Waals surface area contributed by atoms with Crippen LogP contribution < -0.4 is 15.2 Å². The molecular formula is C14H22FNO3. The first-order valence-electron chi connectivity index (χ1n) is 6.40. The average molecular weight is 271 g/mol. The van der Waals surface area contributed by atoms with Crippen LogP contribution in [0.3, 0.4) is 0 Å². The molecule has 1 aromatic rings. The number of ether oxygens (including phenoxy) is 2. The molecule has 0 aromatic heterocycles. The molecule has 0 aliphatic rings. The molecule has 0 aliphatic carbocycles. The fraction of sp³-hybridized carbons (Fsp3) is 0.571. The Kier molecular flexibility index (Phi) is 6.05. The topological polar surface area (TPSA) is 64.7 Å². The van der Waals surface area contributed by atoms with Gasteiger partial charge in [0.2, 0.25) is 0 Å². The molecule has 0 radical (unpaired) electrons. The zero-order chi connectivity index (χ0) is 14.4. The lowest BCUT2D eigenvalue weighted by Gasteiger charge is -2.21. The highest BCUT2D eigenvalue weighted by Crippen LogP contribution is 2.33. The summed E-state index contributed by atoms with van der Waals surface area (Å²) in [6.07, 6.45) is 1.58. The second-order valence-electron chi connectivity index (χ2n) is 4.46. The number of benzene rings is 1. The van der Waals surface area contributed by atoms with E-state index in [9.17, 15) is 9.50 Å². The highest BCUT2D eigenvalue weighted by molar-refractivity contribution is 5.44. The molecule has 0 unspecified atom stereocenters. The van der Waals surface area contributed by atoms with Gasteiger partial charge < -0.3 is 20.3 Å². The number of aliphatic hydroxyl groups is 1. The Morgan fingerprint density at radius 3 is 2.37 bits per heavy atom. The van der Waals surface area contributed by atoms with E-state index in [2.05, 4.69) is 0 Å². The van der Waals surface area contributed by atoms with Crippen LogP contribution in [0.25, 0.3) is 0 Å². The largest absolute Gasteiger partial charge is 0.493 e. The minimum atomic E-state index is -0.772. The molecule has 1 rings (SSSR count). The van der Waals surface area contributed by atoms with Crippen molar-refractivity contribution in [2.75, 3.05) is 14.2 Å². The Hall–Kier alpha value is -1.33. The van der Waals surface area contributed by atoms with E-state index in [1.165, 1.54) is 26.4 Å². The number of methoxy groups -OCH3 is 2. The summed E-state index contributed by atoms with van der Waals surface area (Å²) in [7, 11) is 2.91. The summed E-state index contributed by atoms with van der Waals surface area (Å²) < 4.78 is 24.1. The van der Waals surface area contributed by atoms with Crippen molar-refractivity contribution in [3.63, 3.8) is 0 Å². The molecule has 0 saturated heterocycles. The quantitative estimate of drug-likeness (QED) is 0.799. The van der Waals surface area contributed by atoms with Gasteiger partial charge in [0.05, 0.1) is 26.4 Å². The van der Waals surface area contributed by atoms with Crippen LogP contribution in [0.15, 0.2) is 12.1 Å². The summed E-state index contributed by atoms with van der Waals surface area (Å²) in [6, 6.07) is 1.93. The van der Waals surface area contributed by atoms with Crippen LogP contribution in [0.5, 0.6) is 11.5 Å². The van der Waals surface area contributed by atoms with Crippen molar-refractivity contribution in [1.29, 1.82) is 0 Å². The number of aliphatic hydroxyl groups excluding tert-OH is 1. The first-order valence-corrected chi connectivity index (χ1v) is 6.40. The fourth-order valence-corrected chi connectivity index (χ4v) is 1.93. The van der Waals surface area contributed by atoms with Crippen LogP contribution in [0, 0.1) is 5.82 Å². The van der Waals surface area contributed by atoms with Gasteiger partial charge in [-0.05, 0) is 12.5 Å². The summed E-state index contributed by atoms with van der Waals surface area (Å²) in [5.74, 6) is 0.205. The van der Waals surface area contributed by atoms with E-state index in [1.54, 1.807) is 0 Å². The molecule has 2 atom stereocenters. The normalized spacial score (nSPS) is 14.0. The van der Waals surface area contributed by atoms with Gasteiger partial charge in [0, 0.05) is 11.6 Å². The third kappa shape index (κ3) is 3.81. The standard InChI is InChI=1S/C14H22FNO3/c1-4-5-6-11(17)14(16)9-7-12(18-2)13(19-3)8-10(9)15/h7-8,11,14,17H,4-6,16H2,1-3H3/t11-,14+/m0/s1. The summed E-state index contributed by atoms with van der Waals surface area (Å²) >= 11 is 0. The molecule has 5 heteroatoms. The van der Waals surface area contributed by atoms with Crippen LogP contribution in [0.4, 0.5) is 4.39 Å². The van der Waals surface area contributed by atoms with Gasteiger partial charge in [-0.15, -0.1) is 0 Å². The van der Waals surface area contributed by atoms with Crippen molar-refractivity contribution >= 4 is 0 Å². The predicted octanol–water partition coefficient (Wildman–Crippen LogP) is 2.39. The molecule has 108 valence electrons. The number of nitrogens with two attached hydrogens (primary N) is 1. The van der Waals surface area contributed by atoms with Gasteiger partial charge in [0.1, 0.15) is 5.82 Å². The first kappa shape index (κ1) is 15.7. The zero-order valence-corrected chi connectivity index (χ0v) is 11.6. The minimum absolute atomic E-state index is 0.237. The summed E-state index contributed by atoms with van der Waals surface area (Å²) in [6.45, 7) is 2.02. The van der Waals surface area contributed by atoms with Gasteiger partial charge in [0.25, 0.3) is 0 Å². The lowest BCUT2D eigenvalue weighted by molar-refractivity contribution is 0.131. The van der Waals surface area contributed by atoms with Crippen LogP contribution in [0.1, 0.15) is 37.8 Å². The number of unbranched alkanes of at least 4 members (excludes halogenated alkanes) is 1. The van der Waals surface area contributed by atoms with E-state index in [-0.39, 0.29) is 5.56 Å². The number of hydrogen-bond acceptors (Lipinski definition) is 4. The second kappa shape index (κ2) is 7.31. The van der Waals surface area contributed by atoms with Crippen LogP contribution in [-0.4, -0.2) is 25.4 Å². The first-order chi connectivity index (χ1) is 9.04. The predicted molar refractivity (Wildman–Crippen MR) is 72.0 cm³/mol. The molecular weight excluding hydrogens is 249 g/mol. The highest BCUT2D eigenvalue weighted by Gasteiger charge is 2.22. The van der Waals surface area contributed by atoms with Crippen molar-refractivity contribution in [1.82, 2.24) is 0 Å². The second-order valence-corrected chi connectivity index (χ2v) is 4.46. The smallest absolute Gasteiger partial charge is 0.163 e. The lowest BCUT2D eigenvalue weighted by atomic mass is 9.97. The number of hydrogen-bond donors (Lipinski definition) is 2. The van der Waals surface area contributed by atoms with Gasteiger partial charge >= 0.3 is 0 Å². The third-order valence-corrected chi connectivity index (χ3v) is 3.13. The Balaban J connectivity index is 2.99. The molecule has 0 fully saturated rings. The molecule has 1 aromatic carbocycles. The molecule has 19 heavy (non-hydrogen) atoms. The highest BCUT2D eigenvalue weighted by atomic mass is 19.1. The van der Waals surface area contributed by atoms with Crippen molar-refractivity contribution in [2.45, 2.75) is 38.3 Å². The number of rotatable bonds is 7. The maximum atomic E-state index is 14.0. The average Bonchev–Trinajstić information content (AvgIpc) is 2.43. The van der Waals surface area contributed by atoms with Crippen LogP contribution in [0.2, 0.25) is 0 Å². The Labute approximate surface area is 113 Å². The molecule has 0 amide bonds. The Morgan fingerprint density at radius 2 is 1.84 bits per heavy atom. The molecule has 0 bridgehead atoms. The van der Waals surface area contributed by atoms with E-state index < -0.39 is 18.0 Å². The van der Waals surface area contributed by atoms with Gasteiger partial charge in [-0.1, -0.05) is 19.8 Å². The van der Waals surface area contributed by atoms with Gasteiger partial charge in [-0.25, -0.2) is 4.39 Å². The van der Waals surface area contributed by atoms with Crippen molar-refractivity contribution in [3.8, 4) is 11.5 Å². The summed E-state index contributed by atoms with van der Waals surface area (Å²) in [5, 5.41) is 9.95. The van der Waals surface area contributed by atoms with Gasteiger partial charge in [-0.2, -0.15) is 0 Å². The SMILES string of the molecule is CCCC[C@H](O)[C@H](N)c1cc(OC)c(OC)cc1F. The minimum Gasteiger partial charge on any atom is -0.493 e. The monoisotopic (exact) mass is 271 g/mol. The third-order valence-electron chi connectivity index (χ3n) is 3.13. The van der Waals surface area contributed by atoms with E-state index in [0.29, 0.717) is 17.9 Å². The maximum absolute atomic E-state index is 14.0. The van der Waals surface area contributed by atoms with Crippen LogP contribution >= 0.6 is 0 Å². The zero-order valence-electron chi connectivity index (χ0n) is 11.6. The van der Waals surface area contributed by atoms with Crippen molar-refractivity contribution in [2.24, 2.45) is 5.73 Å². The molecule has 4 nitrogen and oxygen atoms in total. The van der Waals surface area contributed by atoms with E-state index >= 15 is 0 Å². The maximum Gasteiger partial charge on any atom is 0.163 e. The van der Waals surface area contributed by atoms with Crippen molar-refractivity contribution in [3.05, 3.63) is 23.5 Å². The summed E-state index contributed by atoms with van der Waals surface area (Å²) in [4.78, 5) is 0. The van der Waals surface area contributed by atoms with E-state index in [4.69, 9.17) is 15.2 Å². The molecule has 3 N–H and O–H groups in total. The molecule has 0 heterocycles. The molecule has 0 spiro atoms. The number of halogens is 1. The Morgan fingerprint density at radius 1 is 1.26 bits per heavy atom. The summed E-state index contributed by atoms with van der Waals surface area (Å²) in [5.41, 5.74) is 6.15.